The standard InChI is InChI=1S/C15H25NO3/c1-9(2)12-7-11(10(3)19-12)14(18)16-13(8-17)15(4,5)6/h7,9,13,17H,8H2,1-6H3,(H,16,18)/t13-/m1/s1. The van der Waals surface area contributed by atoms with Gasteiger partial charge in [-0.1, -0.05) is 34.6 Å². The number of furan rings is 1. The maximum absolute atomic E-state index is 12.2. The molecule has 0 aromatic carbocycles. The molecule has 0 aliphatic heterocycles. The Labute approximate surface area is 115 Å². The van der Waals surface area contributed by atoms with E-state index in [-0.39, 0.29) is 29.9 Å². The minimum absolute atomic E-state index is 0.0802. The van der Waals surface area contributed by atoms with Crippen LogP contribution in [0.3, 0.4) is 0 Å². The molecule has 0 bridgehead atoms. The Hall–Kier alpha value is -1.29. The third-order valence-electron chi connectivity index (χ3n) is 3.28. The minimum Gasteiger partial charge on any atom is -0.465 e. The average Bonchev–Trinajstić information content (AvgIpc) is 2.66. The van der Waals surface area contributed by atoms with Gasteiger partial charge in [-0.05, 0) is 18.4 Å². The van der Waals surface area contributed by atoms with Crippen molar-refractivity contribution in [2.24, 2.45) is 5.41 Å². The molecule has 0 radical (unpaired) electrons. The molecule has 0 aliphatic rings. The Morgan fingerprint density at radius 1 is 1.42 bits per heavy atom. The van der Waals surface area contributed by atoms with Gasteiger partial charge in [0.1, 0.15) is 11.5 Å². The van der Waals surface area contributed by atoms with Crippen LogP contribution in [-0.2, 0) is 0 Å². The number of rotatable bonds is 4. The van der Waals surface area contributed by atoms with Crippen LogP contribution in [-0.4, -0.2) is 23.7 Å². The quantitative estimate of drug-likeness (QED) is 0.881. The van der Waals surface area contributed by atoms with E-state index < -0.39 is 0 Å². The zero-order chi connectivity index (χ0) is 14.8. The number of hydrogen-bond donors (Lipinski definition) is 2. The summed E-state index contributed by atoms with van der Waals surface area (Å²) in [5.74, 6) is 1.48. The second-order valence-electron chi connectivity index (χ2n) is 6.35. The summed E-state index contributed by atoms with van der Waals surface area (Å²) in [4.78, 5) is 12.2. The van der Waals surface area contributed by atoms with Crippen LogP contribution in [0.1, 0.15) is 62.4 Å². The minimum atomic E-state index is -0.281. The van der Waals surface area contributed by atoms with E-state index in [0.717, 1.165) is 5.76 Å². The smallest absolute Gasteiger partial charge is 0.255 e. The van der Waals surface area contributed by atoms with Crippen molar-refractivity contribution in [2.45, 2.75) is 53.5 Å². The van der Waals surface area contributed by atoms with Gasteiger partial charge in [0.25, 0.3) is 5.91 Å². The molecular formula is C15H25NO3. The van der Waals surface area contributed by atoms with E-state index in [0.29, 0.717) is 11.3 Å². The van der Waals surface area contributed by atoms with Gasteiger partial charge in [0.15, 0.2) is 0 Å². The zero-order valence-corrected chi connectivity index (χ0v) is 12.7. The van der Waals surface area contributed by atoms with Gasteiger partial charge in [-0.15, -0.1) is 0 Å². The summed E-state index contributed by atoms with van der Waals surface area (Å²) in [6.07, 6.45) is 0. The molecule has 1 aromatic rings. The van der Waals surface area contributed by atoms with E-state index in [4.69, 9.17) is 4.42 Å². The van der Waals surface area contributed by atoms with Crippen molar-refractivity contribution in [2.75, 3.05) is 6.61 Å². The summed E-state index contributed by atoms with van der Waals surface area (Å²) in [5.41, 5.74) is 0.356. The number of aryl methyl sites for hydroxylation is 1. The van der Waals surface area contributed by atoms with Crippen LogP contribution >= 0.6 is 0 Å². The fraction of sp³-hybridized carbons (Fsp3) is 0.667. The van der Waals surface area contributed by atoms with E-state index in [2.05, 4.69) is 5.32 Å². The van der Waals surface area contributed by atoms with E-state index in [9.17, 15) is 9.90 Å². The van der Waals surface area contributed by atoms with Gasteiger partial charge in [0.2, 0.25) is 0 Å². The van der Waals surface area contributed by atoms with Crippen LogP contribution in [0.5, 0.6) is 0 Å². The van der Waals surface area contributed by atoms with Crippen molar-refractivity contribution in [3.63, 3.8) is 0 Å². The molecule has 1 atom stereocenters. The lowest BCUT2D eigenvalue weighted by molar-refractivity contribution is 0.0846. The predicted molar refractivity (Wildman–Crippen MR) is 75.3 cm³/mol. The summed E-state index contributed by atoms with van der Waals surface area (Å²) >= 11 is 0. The van der Waals surface area contributed by atoms with Gasteiger partial charge >= 0.3 is 0 Å². The van der Waals surface area contributed by atoms with Gasteiger partial charge in [-0.25, -0.2) is 0 Å². The first-order chi connectivity index (χ1) is 8.66. The maximum Gasteiger partial charge on any atom is 0.255 e. The van der Waals surface area contributed by atoms with E-state index in [1.165, 1.54) is 0 Å². The van der Waals surface area contributed by atoms with Crippen molar-refractivity contribution in [3.8, 4) is 0 Å². The molecule has 1 aromatic heterocycles. The monoisotopic (exact) mass is 267 g/mol. The highest BCUT2D eigenvalue weighted by Gasteiger charge is 2.27. The van der Waals surface area contributed by atoms with Crippen LogP contribution in [0.2, 0.25) is 0 Å². The summed E-state index contributed by atoms with van der Waals surface area (Å²) < 4.78 is 5.57. The summed E-state index contributed by atoms with van der Waals surface area (Å²) in [5, 5.41) is 12.2. The molecular weight excluding hydrogens is 242 g/mol. The van der Waals surface area contributed by atoms with Crippen molar-refractivity contribution in [3.05, 3.63) is 23.2 Å². The molecule has 1 rings (SSSR count). The molecule has 4 heteroatoms. The Kier molecular flexibility index (Phi) is 4.80. The van der Waals surface area contributed by atoms with E-state index in [1.807, 2.05) is 34.6 Å². The number of nitrogens with one attached hydrogen (secondary N) is 1. The molecule has 0 fully saturated rings. The highest BCUT2D eigenvalue weighted by molar-refractivity contribution is 5.95. The molecule has 0 aliphatic carbocycles. The van der Waals surface area contributed by atoms with Crippen LogP contribution in [0.4, 0.5) is 0 Å². The molecule has 19 heavy (non-hydrogen) atoms. The molecule has 0 spiro atoms. The van der Waals surface area contributed by atoms with Crippen LogP contribution < -0.4 is 5.32 Å². The molecule has 0 saturated carbocycles. The number of carbonyl (C=O) groups is 1. The number of aliphatic hydroxyl groups excluding tert-OH is 1. The molecule has 1 amide bonds. The van der Waals surface area contributed by atoms with Gasteiger partial charge in [-0.3, -0.25) is 4.79 Å². The number of amides is 1. The molecule has 2 N–H and O–H groups in total. The van der Waals surface area contributed by atoms with Crippen molar-refractivity contribution >= 4 is 5.91 Å². The Morgan fingerprint density at radius 3 is 2.37 bits per heavy atom. The Morgan fingerprint density at radius 2 is 2.00 bits per heavy atom. The van der Waals surface area contributed by atoms with Crippen LogP contribution in [0.25, 0.3) is 0 Å². The topological polar surface area (TPSA) is 62.5 Å². The molecule has 0 saturated heterocycles. The second-order valence-corrected chi connectivity index (χ2v) is 6.35. The average molecular weight is 267 g/mol. The molecule has 1 heterocycles. The second kappa shape index (κ2) is 5.78. The van der Waals surface area contributed by atoms with Crippen molar-refractivity contribution < 1.29 is 14.3 Å². The number of carbonyl (C=O) groups excluding carboxylic acids is 1. The van der Waals surface area contributed by atoms with Gasteiger partial charge < -0.3 is 14.8 Å². The van der Waals surface area contributed by atoms with E-state index >= 15 is 0 Å². The Bertz CT molecular complexity index is 441. The highest BCUT2D eigenvalue weighted by Crippen LogP contribution is 2.23. The third kappa shape index (κ3) is 3.83. The van der Waals surface area contributed by atoms with Gasteiger partial charge in [0.05, 0.1) is 18.2 Å². The first-order valence-electron chi connectivity index (χ1n) is 6.68. The fourth-order valence-electron chi connectivity index (χ4n) is 1.79. The van der Waals surface area contributed by atoms with Crippen LogP contribution in [0.15, 0.2) is 10.5 Å². The summed E-state index contributed by atoms with van der Waals surface area (Å²) in [6.45, 7) is 11.7. The lowest BCUT2D eigenvalue weighted by atomic mass is 9.87. The number of aliphatic hydroxyl groups is 1. The van der Waals surface area contributed by atoms with Crippen LogP contribution in [0, 0.1) is 12.3 Å². The summed E-state index contributed by atoms with van der Waals surface area (Å²) in [6, 6.07) is 1.50. The number of hydrogen-bond acceptors (Lipinski definition) is 3. The lowest BCUT2D eigenvalue weighted by Gasteiger charge is -2.29. The zero-order valence-electron chi connectivity index (χ0n) is 12.7. The van der Waals surface area contributed by atoms with Crippen molar-refractivity contribution in [1.82, 2.24) is 5.32 Å². The maximum atomic E-state index is 12.2. The van der Waals surface area contributed by atoms with Gasteiger partial charge in [-0.2, -0.15) is 0 Å². The normalized spacial score (nSPS) is 13.7. The molecule has 108 valence electrons. The first-order valence-corrected chi connectivity index (χ1v) is 6.68. The SMILES string of the molecule is Cc1oc(C(C)C)cc1C(=O)N[C@H](CO)C(C)(C)C. The molecule has 4 nitrogen and oxygen atoms in total. The van der Waals surface area contributed by atoms with Crippen molar-refractivity contribution in [1.29, 1.82) is 0 Å². The van der Waals surface area contributed by atoms with E-state index in [1.54, 1.807) is 13.0 Å². The highest BCUT2D eigenvalue weighted by atomic mass is 16.3. The lowest BCUT2D eigenvalue weighted by Crippen LogP contribution is -2.46. The Balaban J connectivity index is 2.89. The predicted octanol–water partition coefficient (Wildman–Crippen LogP) is 2.85. The first kappa shape index (κ1) is 15.8. The fourth-order valence-corrected chi connectivity index (χ4v) is 1.79. The largest absolute Gasteiger partial charge is 0.465 e. The summed E-state index contributed by atoms with van der Waals surface area (Å²) in [7, 11) is 0. The third-order valence-corrected chi connectivity index (χ3v) is 3.28. The molecule has 0 unspecified atom stereocenters. The van der Waals surface area contributed by atoms with Gasteiger partial charge in [0, 0.05) is 5.92 Å².